The van der Waals surface area contributed by atoms with E-state index in [0.717, 1.165) is 0 Å². The third-order valence-electron chi connectivity index (χ3n) is 7.00. The van der Waals surface area contributed by atoms with Crippen molar-refractivity contribution >= 4 is 11.0 Å². The highest BCUT2D eigenvalue weighted by atomic mass is 14.9. The van der Waals surface area contributed by atoms with E-state index in [0.29, 0.717) is 0 Å². The zero-order chi connectivity index (χ0) is 23.9. The maximum Gasteiger partial charge on any atom is 0.0534 e. The predicted octanol–water partition coefficient (Wildman–Crippen LogP) is 8.86. The van der Waals surface area contributed by atoms with Crippen LogP contribution in [0.15, 0.2) is 146 Å². The normalized spacial score (nSPS) is 11.3. The van der Waals surface area contributed by atoms with E-state index in [1.165, 1.54) is 55.5 Å². The lowest BCUT2D eigenvalue weighted by molar-refractivity contribution is 1.20. The van der Waals surface area contributed by atoms with Crippen molar-refractivity contribution in [2.75, 3.05) is 0 Å². The fourth-order valence-corrected chi connectivity index (χ4v) is 5.33. The molecule has 4 aromatic heterocycles. The number of fused-ring (bicyclic) bond motifs is 2. The van der Waals surface area contributed by atoms with Crippen LogP contribution in [0.4, 0.5) is 0 Å². The molecule has 0 N–H and O–H groups in total. The van der Waals surface area contributed by atoms with E-state index < -0.39 is 0 Å². The Bertz CT molecular complexity index is 1670. The number of nitrogens with zero attached hydrogens (tertiary/aromatic N) is 2. The number of benzene rings is 3. The summed E-state index contributed by atoms with van der Waals surface area (Å²) < 4.78 is 4.44. The molecular formula is C34H24N2. The van der Waals surface area contributed by atoms with E-state index in [1.807, 2.05) is 0 Å². The molecular weight excluding hydrogens is 436 g/mol. The summed E-state index contributed by atoms with van der Waals surface area (Å²) in [4.78, 5) is 0. The lowest BCUT2D eigenvalue weighted by Crippen LogP contribution is -1.84. The van der Waals surface area contributed by atoms with Gasteiger partial charge in [0.15, 0.2) is 0 Å². The van der Waals surface area contributed by atoms with E-state index in [9.17, 15) is 0 Å². The van der Waals surface area contributed by atoms with Gasteiger partial charge in [0.1, 0.15) is 0 Å². The maximum atomic E-state index is 2.26. The van der Waals surface area contributed by atoms with Crippen molar-refractivity contribution in [3.8, 4) is 44.5 Å². The second kappa shape index (κ2) is 8.44. The molecule has 4 heterocycles. The smallest absolute Gasteiger partial charge is 0.0534 e. The van der Waals surface area contributed by atoms with Crippen LogP contribution in [0.5, 0.6) is 0 Å². The Balaban J connectivity index is 1.39. The molecule has 0 unspecified atom stereocenters. The summed E-state index contributed by atoms with van der Waals surface area (Å²) in [7, 11) is 0. The predicted molar refractivity (Wildman–Crippen MR) is 150 cm³/mol. The van der Waals surface area contributed by atoms with Gasteiger partial charge >= 0.3 is 0 Å². The number of pyridine rings is 2. The largest absolute Gasteiger partial charge is 0.323 e. The van der Waals surface area contributed by atoms with Crippen LogP contribution in [0, 0.1) is 0 Å². The molecule has 0 aliphatic carbocycles. The Hall–Kier alpha value is -4.82. The molecule has 2 nitrogen and oxygen atoms in total. The highest BCUT2D eigenvalue weighted by Crippen LogP contribution is 2.40. The molecule has 2 heteroatoms. The first kappa shape index (κ1) is 20.5. The third kappa shape index (κ3) is 3.35. The van der Waals surface area contributed by atoms with Gasteiger partial charge in [0.05, 0.1) is 11.0 Å². The number of hydrogen-bond donors (Lipinski definition) is 0. The zero-order valence-corrected chi connectivity index (χ0v) is 19.8. The minimum absolute atomic E-state index is 1.21. The van der Waals surface area contributed by atoms with Crippen LogP contribution < -0.4 is 0 Å². The molecule has 0 atom stereocenters. The average molecular weight is 461 g/mol. The molecule has 0 fully saturated rings. The molecule has 3 aromatic carbocycles. The van der Waals surface area contributed by atoms with Crippen molar-refractivity contribution in [3.05, 3.63) is 146 Å². The van der Waals surface area contributed by atoms with E-state index in [2.05, 4.69) is 155 Å². The molecule has 0 saturated heterocycles. The van der Waals surface area contributed by atoms with Gasteiger partial charge in [-0.05, 0) is 46.5 Å². The van der Waals surface area contributed by atoms with E-state index >= 15 is 0 Å². The Morgan fingerprint density at radius 1 is 0.333 bits per heavy atom. The lowest BCUT2D eigenvalue weighted by atomic mass is 9.94. The van der Waals surface area contributed by atoms with Gasteiger partial charge in [-0.3, -0.25) is 0 Å². The molecule has 0 amide bonds. The molecule has 0 saturated carbocycles. The van der Waals surface area contributed by atoms with Gasteiger partial charge in [-0.1, -0.05) is 97.1 Å². The van der Waals surface area contributed by atoms with E-state index in [-0.39, 0.29) is 0 Å². The topological polar surface area (TPSA) is 8.82 Å². The Morgan fingerprint density at radius 3 is 1.14 bits per heavy atom. The monoisotopic (exact) mass is 460 g/mol. The highest BCUT2D eigenvalue weighted by molar-refractivity contribution is 5.97. The van der Waals surface area contributed by atoms with Crippen molar-refractivity contribution in [2.45, 2.75) is 0 Å². The quantitative estimate of drug-likeness (QED) is 0.248. The molecule has 0 aliphatic rings. The van der Waals surface area contributed by atoms with Crippen LogP contribution in [-0.2, 0) is 0 Å². The van der Waals surface area contributed by atoms with Crippen molar-refractivity contribution in [1.82, 2.24) is 8.80 Å². The van der Waals surface area contributed by atoms with Gasteiger partial charge in [0, 0.05) is 47.0 Å². The van der Waals surface area contributed by atoms with Gasteiger partial charge < -0.3 is 8.80 Å². The SMILES string of the molecule is c1ccc(-c2c(-c3ccc(-c4cn5ccccc5c4-c4ccccc4)cc3)cn3ccccc23)cc1. The summed E-state index contributed by atoms with van der Waals surface area (Å²) in [5.41, 5.74) is 12.3. The summed E-state index contributed by atoms with van der Waals surface area (Å²) in [5, 5.41) is 0. The summed E-state index contributed by atoms with van der Waals surface area (Å²) >= 11 is 0. The van der Waals surface area contributed by atoms with Gasteiger partial charge in [-0.2, -0.15) is 0 Å². The molecule has 36 heavy (non-hydrogen) atoms. The van der Waals surface area contributed by atoms with Gasteiger partial charge in [-0.15, -0.1) is 0 Å². The molecule has 0 spiro atoms. The minimum Gasteiger partial charge on any atom is -0.323 e. The van der Waals surface area contributed by atoms with Crippen molar-refractivity contribution in [2.24, 2.45) is 0 Å². The second-order valence-electron chi connectivity index (χ2n) is 9.13. The zero-order valence-electron chi connectivity index (χ0n) is 19.8. The first-order valence-corrected chi connectivity index (χ1v) is 12.3. The fraction of sp³-hybridized carbons (Fsp3) is 0. The molecule has 0 radical (unpaired) electrons. The van der Waals surface area contributed by atoms with Crippen LogP contribution in [0.1, 0.15) is 0 Å². The molecule has 7 aromatic rings. The summed E-state index contributed by atoms with van der Waals surface area (Å²) in [6.45, 7) is 0. The fourth-order valence-electron chi connectivity index (χ4n) is 5.33. The molecule has 0 aliphatic heterocycles. The summed E-state index contributed by atoms with van der Waals surface area (Å²) in [6, 6.07) is 43.1. The van der Waals surface area contributed by atoms with Crippen molar-refractivity contribution < 1.29 is 0 Å². The third-order valence-corrected chi connectivity index (χ3v) is 7.00. The van der Waals surface area contributed by atoms with Crippen LogP contribution >= 0.6 is 0 Å². The van der Waals surface area contributed by atoms with Crippen LogP contribution in [0.3, 0.4) is 0 Å². The van der Waals surface area contributed by atoms with Gasteiger partial charge in [0.2, 0.25) is 0 Å². The molecule has 0 bridgehead atoms. The van der Waals surface area contributed by atoms with Crippen LogP contribution in [-0.4, -0.2) is 8.80 Å². The average Bonchev–Trinajstić information content (AvgIpc) is 3.53. The Kier molecular flexibility index (Phi) is 4.82. The summed E-state index contributed by atoms with van der Waals surface area (Å²) in [6.07, 6.45) is 8.74. The van der Waals surface area contributed by atoms with E-state index in [4.69, 9.17) is 0 Å². The molecule has 7 rings (SSSR count). The highest BCUT2D eigenvalue weighted by Gasteiger charge is 2.16. The Labute approximate surface area is 210 Å². The lowest BCUT2D eigenvalue weighted by Gasteiger charge is -2.09. The standard InChI is InChI=1S/C34H24N2/c1-3-11-27(12-4-1)33-29(23-35-21-9-7-15-31(33)35)25-17-19-26(20-18-25)30-24-36-22-10-8-16-32(36)34(30)28-13-5-2-6-14-28/h1-24H. The number of hydrogen-bond acceptors (Lipinski definition) is 0. The number of rotatable bonds is 4. The first-order valence-electron chi connectivity index (χ1n) is 12.3. The first-order chi connectivity index (χ1) is 17.9. The van der Waals surface area contributed by atoms with Crippen molar-refractivity contribution in [3.63, 3.8) is 0 Å². The van der Waals surface area contributed by atoms with E-state index in [1.54, 1.807) is 0 Å². The number of aromatic nitrogens is 2. The second-order valence-corrected chi connectivity index (χ2v) is 9.13. The molecule has 170 valence electrons. The van der Waals surface area contributed by atoms with Crippen molar-refractivity contribution in [1.29, 1.82) is 0 Å². The Morgan fingerprint density at radius 2 is 0.722 bits per heavy atom. The summed E-state index contributed by atoms with van der Waals surface area (Å²) in [5.74, 6) is 0. The van der Waals surface area contributed by atoms with Gasteiger partial charge in [-0.25, -0.2) is 0 Å². The van der Waals surface area contributed by atoms with Crippen LogP contribution in [0.25, 0.3) is 55.5 Å². The minimum atomic E-state index is 1.21. The van der Waals surface area contributed by atoms with Gasteiger partial charge in [0.25, 0.3) is 0 Å². The maximum absolute atomic E-state index is 2.26. The van der Waals surface area contributed by atoms with Crippen LogP contribution in [0.2, 0.25) is 0 Å².